The Morgan fingerprint density at radius 1 is 1.08 bits per heavy atom. The van der Waals surface area contributed by atoms with Crippen molar-refractivity contribution >= 4 is 5.97 Å². The zero-order chi connectivity index (χ0) is 28.4. The number of aliphatic carboxylic acids is 1. The maximum atomic E-state index is 13.3. The Morgan fingerprint density at radius 3 is 2.11 bits per heavy atom. The molecule has 7 nitrogen and oxygen atoms in total. The standard InChI is InChI=1S/C25H26F6N2O5/c1-16(17-11-19(24(26,27)28)13-20(12-17)25(29,30)31)38-15-23(18-5-3-2-4-6-18)10-9-22(14-32-23,33(36)37)8-7-21(34)35/h2-6,11-13,16,32H,7-10,14-15H2,1H3,(H,34,35)/t16-,22-,23-/m1/s1. The number of alkyl halides is 6. The van der Waals surface area contributed by atoms with E-state index in [-0.39, 0.29) is 44.0 Å². The molecule has 3 rings (SSSR count). The van der Waals surface area contributed by atoms with E-state index in [9.17, 15) is 41.3 Å². The summed E-state index contributed by atoms with van der Waals surface area (Å²) in [6, 6.07) is 9.86. The maximum absolute atomic E-state index is 13.3. The summed E-state index contributed by atoms with van der Waals surface area (Å²) in [4.78, 5) is 22.4. The van der Waals surface area contributed by atoms with Gasteiger partial charge in [0.1, 0.15) is 0 Å². The van der Waals surface area contributed by atoms with Gasteiger partial charge in [-0.05, 0) is 42.7 Å². The summed E-state index contributed by atoms with van der Waals surface area (Å²) in [5, 5.41) is 24.0. The lowest BCUT2D eigenvalue weighted by Crippen LogP contribution is -2.61. The average Bonchev–Trinajstić information content (AvgIpc) is 2.85. The van der Waals surface area contributed by atoms with Crippen LogP contribution in [-0.2, 0) is 27.4 Å². The highest BCUT2D eigenvalue weighted by molar-refractivity contribution is 5.66. The van der Waals surface area contributed by atoms with Gasteiger partial charge >= 0.3 is 18.3 Å². The molecule has 1 fully saturated rings. The minimum absolute atomic E-state index is 0.0192. The fourth-order valence-electron chi connectivity index (χ4n) is 4.54. The molecule has 2 N–H and O–H groups in total. The minimum atomic E-state index is -5.01. The number of benzene rings is 2. The summed E-state index contributed by atoms with van der Waals surface area (Å²) in [6.07, 6.45) is -11.7. The summed E-state index contributed by atoms with van der Waals surface area (Å²) in [6.45, 7) is 0.898. The second-order valence-corrected chi connectivity index (χ2v) is 9.47. The Hall–Kier alpha value is -3.19. The molecule has 0 spiro atoms. The molecule has 0 bridgehead atoms. The smallest absolute Gasteiger partial charge is 0.416 e. The fraction of sp³-hybridized carbons (Fsp3) is 0.480. The molecule has 0 saturated carbocycles. The van der Waals surface area contributed by atoms with Crippen LogP contribution in [0.5, 0.6) is 0 Å². The van der Waals surface area contributed by atoms with E-state index in [0.717, 1.165) is 0 Å². The second kappa shape index (κ2) is 10.9. The molecule has 3 atom stereocenters. The first kappa shape index (κ1) is 29.4. The number of piperidine rings is 1. The predicted molar refractivity (Wildman–Crippen MR) is 123 cm³/mol. The van der Waals surface area contributed by atoms with Crippen LogP contribution in [0.25, 0.3) is 0 Å². The third kappa shape index (κ3) is 6.62. The molecule has 0 radical (unpaired) electrons. The normalized spacial score (nSPS) is 23.1. The summed E-state index contributed by atoms with van der Waals surface area (Å²) in [7, 11) is 0. The lowest BCUT2D eigenvalue weighted by atomic mass is 9.75. The highest BCUT2D eigenvalue weighted by Crippen LogP contribution is 2.40. The molecule has 2 aromatic rings. The number of carboxylic acid groups (broad SMARTS) is 1. The van der Waals surface area contributed by atoms with E-state index in [0.29, 0.717) is 17.7 Å². The first-order valence-electron chi connectivity index (χ1n) is 11.7. The Morgan fingerprint density at radius 2 is 1.66 bits per heavy atom. The summed E-state index contributed by atoms with van der Waals surface area (Å²) in [5.41, 5.74) is -5.19. The number of nitro groups is 1. The Labute approximate surface area is 213 Å². The van der Waals surface area contributed by atoms with Crippen molar-refractivity contribution in [3.63, 3.8) is 0 Å². The number of rotatable bonds is 9. The van der Waals surface area contributed by atoms with Gasteiger partial charge in [0, 0.05) is 17.8 Å². The topological polar surface area (TPSA) is 102 Å². The highest BCUT2D eigenvalue weighted by atomic mass is 19.4. The number of nitrogens with one attached hydrogen (secondary N) is 1. The summed E-state index contributed by atoms with van der Waals surface area (Å²) >= 11 is 0. The van der Waals surface area contributed by atoms with Gasteiger partial charge < -0.3 is 9.84 Å². The van der Waals surface area contributed by atoms with Crippen molar-refractivity contribution in [2.75, 3.05) is 13.2 Å². The van der Waals surface area contributed by atoms with Crippen LogP contribution in [0.3, 0.4) is 0 Å². The van der Waals surface area contributed by atoms with Gasteiger partial charge in [0.05, 0.1) is 42.3 Å². The van der Waals surface area contributed by atoms with Gasteiger partial charge in [0.25, 0.3) is 0 Å². The molecule has 1 aliphatic heterocycles. The van der Waals surface area contributed by atoms with Crippen LogP contribution in [0.1, 0.15) is 61.0 Å². The number of carboxylic acids is 1. The zero-order valence-electron chi connectivity index (χ0n) is 20.2. The van der Waals surface area contributed by atoms with Gasteiger partial charge in [-0.15, -0.1) is 0 Å². The predicted octanol–water partition coefficient (Wildman–Crippen LogP) is 5.96. The van der Waals surface area contributed by atoms with Gasteiger partial charge in [-0.2, -0.15) is 26.3 Å². The molecule has 0 aromatic heterocycles. The van der Waals surface area contributed by atoms with Crippen molar-refractivity contribution in [2.24, 2.45) is 0 Å². The molecule has 208 valence electrons. The molecule has 1 heterocycles. The Balaban J connectivity index is 1.89. The Bertz CT molecular complexity index is 1110. The SMILES string of the molecule is C[C@@H](OC[C@@]1(c2ccccc2)CC[C@@](CCC(=O)O)([N+](=O)[O-])CN1)c1cc(C(F)(F)F)cc(C(F)(F)F)c1. The molecule has 0 unspecified atom stereocenters. The van der Waals surface area contributed by atoms with E-state index in [1.165, 1.54) is 6.92 Å². The number of hydrogen-bond donors (Lipinski definition) is 2. The van der Waals surface area contributed by atoms with Crippen LogP contribution < -0.4 is 5.32 Å². The summed E-state index contributed by atoms with van der Waals surface area (Å²) in [5.74, 6) is -1.18. The number of carbonyl (C=O) groups is 1. The number of hydrogen-bond acceptors (Lipinski definition) is 5. The molecular formula is C25H26F6N2O5. The van der Waals surface area contributed by atoms with Crippen LogP contribution in [-0.4, -0.2) is 34.7 Å². The highest BCUT2D eigenvalue weighted by Gasteiger charge is 2.51. The lowest BCUT2D eigenvalue weighted by Gasteiger charge is -2.44. The van der Waals surface area contributed by atoms with Gasteiger partial charge in [0.2, 0.25) is 5.54 Å². The van der Waals surface area contributed by atoms with Crippen molar-refractivity contribution in [3.8, 4) is 0 Å². The first-order valence-corrected chi connectivity index (χ1v) is 11.7. The zero-order valence-corrected chi connectivity index (χ0v) is 20.2. The minimum Gasteiger partial charge on any atom is -0.481 e. The third-order valence-corrected chi connectivity index (χ3v) is 6.95. The van der Waals surface area contributed by atoms with Gasteiger partial charge in [-0.1, -0.05) is 30.3 Å². The van der Waals surface area contributed by atoms with Crippen LogP contribution in [0.15, 0.2) is 48.5 Å². The van der Waals surface area contributed by atoms with E-state index in [1.807, 2.05) is 0 Å². The molecule has 2 aromatic carbocycles. The van der Waals surface area contributed by atoms with Crippen molar-refractivity contribution in [1.82, 2.24) is 5.32 Å². The van der Waals surface area contributed by atoms with Gasteiger partial charge in [0.15, 0.2) is 0 Å². The fourth-order valence-corrected chi connectivity index (χ4v) is 4.54. The summed E-state index contributed by atoms with van der Waals surface area (Å²) < 4.78 is 85.6. The van der Waals surface area contributed by atoms with E-state index >= 15 is 0 Å². The number of nitrogens with zero attached hydrogens (tertiary/aromatic N) is 1. The van der Waals surface area contributed by atoms with E-state index in [2.05, 4.69) is 5.32 Å². The monoisotopic (exact) mass is 548 g/mol. The second-order valence-electron chi connectivity index (χ2n) is 9.47. The number of ether oxygens (including phenoxy) is 1. The molecule has 38 heavy (non-hydrogen) atoms. The molecule has 0 aliphatic carbocycles. The quantitative estimate of drug-likeness (QED) is 0.228. The first-order chi connectivity index (χ1) is 17.6. The van der Waals surface area contributed by atoms with Crippen LogP contribution in [0.4, 0.5) is 26.3 Å². The largest absolute Gasteiger partial charge is 0.481 e. The third-order valence-electron chi connectivity index (χ3n) is 6.95. The van der Waals surface area contributed by atoms with Crippen molar-refractivity contribution in [2.45, 2.75) is 62.1 Å². The molecule has 13 heteroatoms. The molecule has 1 aliphatic rings. The van der Waals surface area contributed by atoms with Crippen molar-refractivity contribution in [1.29, 1.82) is 0 Å². The molecule has 0 amide bonds. The van der Waals surface area contributed by atoms with Crippen LogP contribution in [0.2, 0.25) is 0 Å². The van der Waals surface area contributed by atoms with E-state index in [4.69, 9.17) is 9.84 Å². The van der Waals surface area contributed by atoms with Crippen molar-refractivity contribution in [3.05, 3.63) is 80.9 Å². The van der Waals surface area contributed by atoms with Gasteiger partial charge in [-0.3, -0.25) is 20.2 Å². The lowest BCUT2D eigenvalue weighted by molar-refractivity contribution is -0.573. The maximum Gasteiger partial charge on any atom is 0.416 e. The Kier molecular flexibility index (Phi) is 8.42. The van der Waals surface area contributed by atoms with E-state index < -0.39 is 58.0 Å². The van der Waals surface area contributed by atoms with E-state index in [1.54, 1.807) is 30.3 Å². The average molecular weight is 548 g/mol. The number of halogens is 6. The molecule has 1 saturated heterocycles. The van der Waals surface area contributed by atoms with Gasteiger partial charge in [-0.25, -0.2) is 0 Å². The molecular weight excluding hydrogens is 522 g/mol. The van der Waals surface area contributed by atoms with Crippen LogP contribution >= 0.6 is 0 Å². The van der Waals surface area contributed by atoms with Crippen LogP contribution in [0, 0.1) is 10.1 Å². The van der Waals surface area contributed by atoms with Crippen molar-refractivity contribution < 1.29 is 45.9 Å².